The second-order valence-corrected chi connectivity index (χ2v) is 7.10. The quantitative estimate of drug-likeness (QED) is 0.750. The van der Waals surface area contributed by atoms with Gasteiger partial charge in [-0.1, -0.05) is 6.07 Å². The highest BCUT2D eigenvalue weighted by molar-refractivity contribution is 5.95. The third-order valence-corrected chi connectivity index (χ3v) is 5.14. The van der Waals surface area contributed by atoms with Gasteiger partial charge in [0.25, 0.3) is 5.91 Å². The number of carbonyl (C=O) groups excluding carboxylic acids is 2. The van der Waals surface area contributed by atoms with Gasteiger partial charge >= 0.3 is 0 Å². The molecule has 8 nitrogen and oxygen atoms in total. The topological polar surface area (TPSA) is 99.5 Å². The molecular formula is C22H26N2O6. The van der Waals surface area contributed by atoms with Gasteiger partial charge in [0.15, 0.2) is 11.5 Å². The number of piperazine rings is 1. The van der Waals surface area contributed by atoms with E-state index in [1.54, 1.807) is 24.0 Å². The van der Waals surface area contributed by atoms with Gasteiger partial charge in [0, 0.05) is 44.2 Å². The Morgan fingerprint density at radius 1 is 0.867 bits per heavy atom. The first-order valence-electron chi connectivity index (χ1n) is 9.72. The normalized spacial score (nSPS) is 13.8. The van der Waals surface area contributed by atoms with Crippen molar-refractivity contribution in [3.63, 3.8) is 0 Å². The minimum Gasteiger partial charge on any atom is -0.508 e. The molecule has 2 aromatic rings. The molecule has 8 heteroatoms. The Morgan fingerprint density at radius 3 is 2.07 bits per heavy atom. The van der Waals surface area contributed by atoms with Crippen molar-refractivity contribution in [2.24, 2.45) is 0 Å². The predicted molar refractivity (Wildman–Crippen MR) is 110 cm³/mol. The molecule has 2 amide bonds. The summed E-state index contributed by atoms with van der Waals surface area (Å²) in [6, 6.07) is 9.42. The van der Waals surface area contributed by atoms with Crippen LogP contribution in [0, 0.1) is 0 Å². The van der Waals surface area contributed by atoms with Gasteiger partial charge in [-0.2, -0.15) is 0 Å². The molecule has 1 heterocycles. The summed E-state index contributed by atoms with van der Waals surface area (Å²) in [5, 5.41) is 19.1. The number of ether oxygens (including phenoxy) is 2. The van der Waals surface area contributed by atoms with Crippen LogP contribution in [-0.4, -0.2) is 72.2 Å². The molecule has 2 N–H and O–H groups in total. The summed E-state index contributed by atoms with van der Waals surface area (Å²) in [6.45, 7) is 1.69. The van der Waals surface area contributed by atoms with Crippen molar-refractivity contribution in [2.75, 3.05) is 40.4 Å². The molecule has 0 unspecified atom stereocenters. The van der Waals surface area contributed by atoms with E-state index in [0.29, 0.717) is 50.5 Å². The maximum Gasteiger partial charge on any atom is 0.254 e. The second kappa shape index (κ2) is 9.39. The van der Waals surface area contributed by atoms with Crippen LogP contribution in [0.4, 0.5) is 0 Å². The summed E-state index contributed by atoms with van der Waals surface area (Å²) in [4.78, 5) is 28.5. The molecule has 0 radical (unpaired) electrons. The number of aromatic hydroxyl groups is 2. The number of hydrogen-bond donors (Lipinski definition) is 2. The number of nitrogens with zero attached hydrogens (tertiary/aromatic N) is 2. The van der Waals surface area contributed by atoms with E-state index < -0.39 is 0 Å². The SMILES string of the molecule is COc1ccc(CCC(=O)N2CCN(C(=O)c3cc(O)cc(O)c3)CC2)cc1OC. The molecule has 3 rings (SSSR count). The molecular weight excluding hydrogens is 388 g/mol. The van der Waals surface area contributed by atoms with E-state index in [4.69, 9.17) is 9.47 Å². The highest BCUT2D eigenvalue weighted by Gasteiger charge is 2.25. The molecule has 1 saturated heterocycles. The minimum absolute atomic E-state index is 0.0342. The number of phenols is 2. The Balaban J connectivity index is 1.52. The second-order valence-electron chi connectivity index (χ2n) is 7.10. The lowest BCUT2D eigenvalue weighted by Gasteiger charge is -2.35. The van der Waals surface area contributed by atoms with E-state index in [1.807, 2.05) is 18.2 Å². The maximum absolute atomic E-state index is 12.6. The average molecular weight is 414 g/mol. The minimum atomic E-state index is -0.279. The average Bonchev–Trinajstić information content (AvgIpc) is 2.76. The fraction of sp³-hybridized carbons (Fsp3) is 0.364. The molecule has 1 fully saturated rings. The van der Waals surface area contributed by atoms with Crippen molar-refractivity contribution in [1.82, 2.24) is 9.80 Å². The van der Waals surface area contributed by atoms with E-state index in [9.17, 15) is 19.8 Å². The van der Waals surface area contributed by atoms with Crippen molar-refractivity contribution in [3.05, 3.63) is 47.5 Å². The van der Waals surface area contributed by atoms with Gasteiger partial charge in [-0.05, 0) is 36.2 Å². The van der Waals surface area contributed by atoms with Crippen molar-refractivity contribution in [1.29, 1.82) is 0 Å². The third kappa shape index (κ3) is 4.94. The molecule has 30 heavy (non-hydrogen) atoms. The van der Waals surface area contributed by atoms with E-state index in [0.717, 1.165) is 5.56 Å². The van der Waals surface area contributed by atoms with Crippen LogP contribution < -0.4 is 9.47 Å². The van der Waals surface area contributed by atoms with Gasteiger partial charge in [-0.25, -0.2) is 0 Å². The Morgan fingerprint density at radius 2 is 1.47 bits per heavy atom. The standard InChI is InChI=1S/C22H26N2O6/c1-29-19-5-3-15(11-20(19)30-2)4-6-21(27)23-7-9-24(10-8-23)22(28)16-12-17(25)14-18(26)13-16/h3,5,11-14,25-26H,4,6-10H2,1-2H3. The number of aryl methyl sites for hydroxylation is 1. The fourth-order valence-corrected chi connectivity index (χ4v) is 3.51. The Bertz CT molecular complexity index is 902. The highest BCUT2D eigenvalue weighted by atomic mass is 16.5. The summed E-state index contributed by atoms with van der Waals surface area (Å²) in [5.41, 5.74) is 1.21. The third-order valence-electron chi connectivity index (χ3n) is 5.14. The number of amides is 2. The summed E-state index contributed by atoms with van der Waals surface area (Å²) in [7, 11) is 3.15. The van der Waals surface area contributed by atoms with Crippen LogP contribution in [-0.2, 0) is 11.2 Å². The van der Waals surface area contributed by atoms with Gasteiger partial charge in [-0.3, -0.25) is 9.59 Å². The largest absolute Gasteiger partial charge is 0.508 e. The van der Waals surface area contributed by atoms with Crippen LogP contribution in [0.25, 0.3) is 0 Å². The molecule has 0 atom stereocenters. The highest BCUT2D eigenvalue weighted by Crippen LogP contribution is 2.28. The van der Waals surface area contributed by atoms with E-state index in [1.165, 1.54) is 18.2 Å². The van der Waals surface area contributed by atoms with E-state index >= 15 is 0 Å². The van der Waals surface area contributed by atoms with Crippen LogP contribution >= 0.6 is 0 Å². The first kappa shape index (κ1) is 21.3. The Hall–Kier alpha value is -3.42. The van der Waals surface area contributed by atoms with Gasteiger partial charge in [-0.15, -0.1) is 0 Å². The molecule has 0 saturated carbocycles. The van der Waals surface area contributed by atoms with Gasteiger partial charge in [0.2, 0.25) is 5.91 Å². The van der Waals surface area contributed by atoms with Crippen molar-refractivity contribution < 1.29 is 29.3 Å². The molecule has 0 aromatic heterocycles. The zero-order valence-corrected chi connectivity index (χ0v) is 17.1. The van der Waals surface area contributed by atoms with Gasteiger partial charge < -0.3 is 29.5 Å². The number of hydrogen-bond acceptors (Lipinski definition) is 6. The van der Waals surface area contributed by atoms with Gasteiger partial charge in [0.05, 0.1) is 14.2 Å². The van der Waals surface area contributed by atoms with Crippen molar-refractivity contribution in [3.8, 4) is 23.0 Å². The number of benzene rings is 2. The number of phenolic OH excluding ortho intramolecular Hbond substituents is 2. The van der Waals surface area contributed by atoms with Crippen molar-refractivity contribution in [2.45, 2.75) is 12.8 Å². The smallest absolute Gasteiger partial charge is 0.254 e. The number of carbonyl (C=O) groups is 2. The maximum atomic E-state index is 12.6. The monoisotopic (exact) mass is 414 g/mol. The molecule has 0 bridgehead atoms. The summed E-state index contributed by atoms with van der Waals surface area (Å²) < 4.78 is 10.5. The van der Waals surface area contributed by atoms with E-state index in [-0.39, 0.29) is 28.9 Å². The predicted octanol–water partition coefficient (Wildman–Crippen LogP) is 2.03. The first-order valence-corrected chi connectivity index (χ1v) is 9.72. The fourth-order valence-electron chi connectivity index (χ4n) is 3.51. The zero-order valence-electron chi connectivity index (χ0n) is 17.1. The van der Waals surface area contributed by atoms with Crippen LogP contribution in [0.5, 0.6) is 23.0 Å². The molecule has 1 aliphatic heterocycles. The van der Waals surface area contributed by atoms with Gasteiger partial charge in [0.1, 0.15) is 11.5 Å². The van der Waals surface area contributed by atoms with Crippen LogP contribution in [0.2, 0.25) is 0 Å². The molecule has 1 aliphatic rings. The lowest BCUT2D eigenvalue weighted by molar-refractivity contribution is -0.132. The molecule has 0 spiro atoms. The lowest BCUT2D eigenvalue weighted by Crippen LogP contribution is -2.50. The Kier molecular flexibility index (Phi) is 6.66. The van der Waals surface area contributed by atoms with Crippen LogP contribution in [0.3, 0.4) is 0 Å². The van der Waals surface area contributed by atoms with E-state index in [2.05, 4.69) is 0 Å². The summed E-state index contributed by atoms with van der Waals surface area (Å²) in [5.74, 6) is 0.705. The van der Waals surface area contributed by atoms with Crippen molar-refractivity contribution >= 4 is 11.8 Å². The summed E-state index contributed by atoms with van der Waals surface area (Å²) in [6.07, 6.45) is 0.949. The molecule has 160 valence electrons. The summed E-state index contributed by atoms with van der Waals surface area (Å²) >= 11 is 0. The number of rotatable bonds is 6. The number of methoxy groups -OCH3 is 2. The zero-order chi connectivity index (χ0) is 21.7. The lowest BCUT2D eigenvalue weighted by atomic mass is 10.1. The van der Waals surface area contributed by atoms with Crippen LogP contribution in [0.15, 0.2) is 36.4 Å². The Labute approximate surface area is 175 Å². The molecule has 2 aromatic carbocycles. The molecule has 0 aliphatic carbocycles. The van der Waals surface area contributed by atoms with Crippen LogP contribution in [0.1, 0.15) is 22.3 Å². The first-order chi connectivity index (χ1) is 14.4.